The number of alkyl halides is 1. The Morgan fingerprint density at radius 3 is 2.51 bits per heavy atom. The van der Waals surface area contributed by atoms with Crippen molar-refractivity contribution in [3.63, 3.8) is 0 Å². The van der Waals surface area contributed by atoms with Crippen molar-refractivity contribution in [2.75, 3.05) is 6.61 Å². The maximum absolute atomic E-state index is 15.5. The fourth-order valence-corrected chi connectivity index (χ4v) is 5.09. The van der Waals surface area contributed by atoms with Gasteiger partial charge < -0.3 is 19.1 Å². The third-order valence-electron chi connectivity index (χ3n) is 5.53. The Morgan fingerprint density at radius 2 is 1.92 bits per heavy atom. The van der Waals surface area contributed by atoms with Gasteiger partial charge in [0, 0.05) is 12.3 Å². The number of rotatable bonds is 10. The Kier molecular flexibility index (Phi) is 8.76. The van der Waals surface area contributed by atoms with E-state index in [1.54, 1.807) is 38.1 Å². The number of H-pyrrole nitrogens is 1. The van der Waals surface area contributed by atoms with Gasteiger partial charge in [0.15, 0.2) is 11.9 Å². The molecule has 3 N–H and O–H groups in total. The molecule has 2 unspecified atom stereocenters. The van der Waals surface area contributed by atoms with E-state index in [1.165, 1.54) is 6.92 Å². The predicted octanol–water partition coefficient (Wildman–Crippen LogP) is 1.96. The largest absolute Gasteiger partial charge is 0.462 e. The molecule has 0 bridgehead atoms. The van der Waals surface area contributed by atoms with Crippen molar-refractivity contribution in [1.82, 2.24) is 14.6 Å². The average Bonchev–Trinajstić information content (AvgIpc) is 3.02. The highest BCUT2D eigenvalue weighted by Gasteiger charge is 2.55. The molecule has 1 aromatic carbocycles. The standard InChI is InChI=1S/C23H31FN3O9P/c1-13(2)34-20(30)15(4)26-37(32,36-16-8-6-14(3)7-9-16)33-12-17-19(29)23(5,24)21(35-17)27-11-10-18(28)25-22(27)31/h6-11,13,15,17,19,21,29H,12H2,1-5H3,(H,26,32)(H,25,28,31)/t15-,17+,19+,21?,23+,37?/m0/s1. The predicted molar refractivity (Wildman–Crippen MR) is 130 cm³/mol. The number of aromatic amines is 1. The summed E-state index contributed by atoms with van der Waals surface area (Å²) in [6.45, 7) is 6.93. The second-order valence-corrected chi connectivity index (χ2v) is 10.9. The molecule has 0 aliphatic carbocycles. The molecular formula is C23H31FN3O9P. The first-order valence-corrected chi connectivity index (χ1v) is 13.1. The van der Waals surface area contributed by atoms with Crippen molar-refractivity contribution in [3.8, 4) is 5.75 Å². The van der Waals surface area contributed by atoms with Crippen LogP contribution in [0.25, 0.3) is 0 Å². The fourth-order valence-electron chi connectivity index (χ4n) is 3.59. The van der Waals surface area contributed by atoms with Crippen molar-refractivity contribution < 1.29 is 37.4 Å². The van der Waals surface area contributed by atoms with Crippen molar-refractivity contribution in [2.45, 2.75) is 70.9 Å². The van der Waals surface area contributed by atoms with E-state index < -0.39 is 67.8 Å². The number of aliphatic hydroxyl groups is 1. The molecule has 6 atom stereocenters. The Morgan fingerprint density at radius 1 is 1.27 bits per heavy atom. The summed E-state index contributed by atoms with van der Waals surface area (Å²) in [6, 6.07) is 6.39. The minimum absolute atomic E-state index is 0.159. The van der Waals surface area contributed by atoms with E-state index in [2.05, 4.69) is 5.09 Å². The first-order valence-electron chi connectivity index (χ1n) is 11.5. The van der Waals surface area contributed by atoms with Gasteiger partial charge in [-0.15, -0.1) is 0 Å². The maximum atomic E-state index is 15.5. The number of nitrogens with zero attached hydrogens (tertiary/aromatic N) is 1. The first-order chi connectivity index (χ1) is 17.2. The van der Waals surface area contributed by atoms with Gasteiger partial charge in [0.1, 0.15) is 24.0 Å². The number of carbonyl (C=O) groups is 1. The van der Waals surface area contributed by atoms with Crippen molar-refractivity contribution in [3.05, 3.63) is 62.9 Å². The minimum atomic E-state index is -4.32. The molecule has 204 valence electrons. The van der Waals surface area contributed by atoms with Crippen LogP contribution in [0.2, 0.25) is 0 Å². The third kappa shape index (κ3) is 6.93. The van der Waals surface area contributed by atoms with Gasteiger partial charge in [0.25, 0.3) is 5.56 Å². The Balaban J connectivity index is 1.81. The van der Waals surface area contributed by atoms with Gasteiger partial charge >= 0.3 is 19.4 Å². The first kappa shape index (κ1) is 28.7. The summed E-state index contributed by atoms with van der Waals surface area (Å²) in [5.74, 6) is -0.552. The minimum Gasteiger partial charge on any atom is -0.462 e. The second kappa shape index (κ2) is 11.3. The van der Waals surface area contributed by atoms with Crippen LogP contribution in [0.1, 0.15) is 39.5 Å². The van der Waals surface area contributed by atoms with Crippen molar-refractivity contribution >= 4 is 13.7 Å². The lowest BCUT2D eigenvalue weighted by Crippen LogP contribution is -2.43. The van der Waals surface area contributed by atoms with Crippen LogP contribution >= 0.6 is 7.75 Å². The zero-order chi connectivity index (χ0) is 27.5. The van der Waals surface area contributed by atoms with Crippen LogP contribution in [0.15, 0.2) is 46.1 Å². The number of hydrogen-bond donors (Lipinski definition) is 3. The van der Waals surface area contributed by atoms with Gasteiger partial charge in [0.2, 0.25) is 0 Å². The number of hydrogen-bond acceptors (Lipinski definition) is 9. The van der Waals surface area contributed by atoms with E-state index in [0.717, 1.165) is 29.3 Å². The summed E-state index contributed by atoms with van der Waals surface area (Å²) in [6.07, 6.45) is -4.21. The van der Waals surface area contributed by atoms with E-state index in [1.807, 2.05) is 11.9 Å². The summed E-state index contributed by atoms with van der Waals surface area (Å²) >= 11 is 0. The SMILES string of the molecule is Cc1ccc(OP(=O)(N[C@@H](C)C(=O)OC(C)C)OC[C@H]2OC(n3ccc(=O)[nH]c3=O)[C@](C)(F)[C@@H]2O)cc1. The molecule has 14 heteroatoms. The topological polar surface area (TPSA) is 158 Å². The van der Waals surface area contributed by atoms with Crippen LogP contribution in [-0.4, -0.2) is 57.3 Å². The molecule has 37 heavy (non-hydrogen) atoms. The molecule has 1 aliphatic heterocycles. The van der Waals surface area contributed by atoms with Crippen LogP contribution in [0.3, 0.4) is 0 Å². The number of aromatic nitrogens is 2. The summed E-state index contributed by atoms with van der Waals surface area (Å²) in [5.41, 5.74) is -3.20. The van der Waals surface area contributed by atoms with Crippen molar-refractivity contribution in [1.29, 1.82) is 0 Å². The summed E-state index contributed by atoms with van der Waals surface area (Å²) < 4.78 is 51.6. The highest BCUT2D eigenvalue weighted by Crippen LogP contribution is 2.47. The number of ether oxygens (including phenoxy) is 2. The van der Waals surface area contributed by atoms with Gasteiger partial charge in [-0.1, -0.05) is 17.7 Å². The molecule has 2 heterocycles. The van der Waals surface area contributed by atoms with Crippen LogP contribution in [0.4, 0.5) is 4.39 Å². The van der Waals surface area contributed by atoms with Gasteiger partial charge in [-0.25, -0.2) is 13.8 Å². The number of aliphatic hydroxyl groups excluding tert-OH is 1. The molecule has 3 rings (SSSR count). The van der Waals surface area contributed by atoms with Crippen LogP contribution in [0, 0.1) is 6.92 Å². The average molecular weight is 543 g/mol. The Labute approximate surface area is 212 Å². The maximum Gasteiger partial charge on any atom is 0.459 e. The molecular weight excluding hydrogens is 512 g/mol. The number of benzene rings is 1. The number of halogens is 1. The lowest BCUT2D eigenvalue weighted by molar-refractivity contribution is -0.149. The summed E-state index contributed by atoms with van der Waals surface area (Å²) in [5, 5.41) is 13.1. The van der Waals surface area contributed by atoms with Gasteiger partial charge in [-0.2, -0.15) is 5.09 Å². The third-order valence-corrected chi connectivity index (χ3v) is 7.18. The molecule has 12 nitrogen and oxygen atoms in total. The zero-order valence-electron chi connectivity index (χ0n) is 21.0. The highest BCUT2D eigenvalue weighted by molar-refractivity contribution is 7.52. The van der Waals surface area contributed by atoms with Crippen LogP contribution < -0.4 is 20.9 Å². The molecule has 1 aliphatic rings. The van der Waals surface area contributed by atoms with E-state index in [9.17, 15) is 24.1 Å². The van der Waals surface area contributed by atoms with Crippen LogP contribution in [-0.2, 0) is 23.4 Å². The van der Waals surface area contributed by atoms with E-state index >= 15 is 4.39 Å². The lowest BCUT2D eigenvalue weighted by atomic mass is 9.98. The molecule has 1 fully saturated rings. The highest BCUT2D eigenvalue weighted by atomic mass is 31.2. The van der Waals surface area contributed by atoms with Crippen LogP contribution in [0.5, 0.6) is 5.75 Å². The molecule has 1 saturated heterocycles. The Bertz CT molecular complexity index is 1260. The number of esters is 1. The number of nitrogens with one attached hydrogen (secondary N) is 2. The lowest BCUT2D eigenvalue weighted by Gasteiger charge is -2.25. The zero-order valence-corrected chi connectivity index (χ0v) is 21.9. The van der Waals surface area contributed by atoms with Gasteiger partial charge in [0.05, 0.1) is 12.7 Å². The van der Waals surface area contributed by atoms with E-state index in [-0.39, 0.29) is 5.75 Å². The van der Waals surface area contributed by atoms with E-state index in [0.29, 0.717) is 0 Å². The summed E-state index contributed by atoms with van der Waals surface area (Å²) in [7, 11) is -4.32. The number of carbonyl (C=O) groups excluding carboxylic acids is 1. The monoisotopic (exact) mass is 543 g/mol. The van der Waals surface area contributed by atoms with Gasteiger partial charge in [-0.3, -0.25) is 23.7 Å². The molecule has 0 amide bonds. The quantitative estimate of drug-likeness (QED) is 0.299. The molecule has 0 radical (unpaired) electrons. The summed E-state index contributed by atoms with van der Waals surface area (Å²) in [4.78, 5) is 37.8. The van der Waals surface area contributed by atoms with Gasteiger partial charge in [-0.05, 0) is 46.8 Å². The van der Waals surface area contributed by atoms with E-state index in [4.69, 9.17) is 18.5 Å². The smallest absolute Gasteiger partial charge is 0.459 e. The second-order valence-electron chi connectivity index (χ2n) is 9.17. The number of aryl methyl sites for hydroxylation is 1. The molecule has 2 aromatic rings. The normalized spacial score (nSPS) is 26.0. The molecule has 1 aromatic heterocycles. The molecule has 0 spiro atoms. The van der Waals surface area contributed by atoms with Crippen molar-refractivity contribution in [2.24, 2.45) is 0 Å². The molecule has 0 saturated carbocycles. The fraction of sp³-hybridized carbons (Fsp3) is 0.522. The Hall–Kier alpha value is -2.83.